The van der Waals surface area contributed by atoms with E-state index in [1.165, 1.54) is 6.92 Å². The Balaban J connectivity index is 2.85. The molecule has 0 spiro atoms. The van der Waals surface area contributed by atoms with Gasteiger partial charge >= 0.3 is 5.97 Å². The Labute approximate surface area is 82.9 Å². The highest BCUT2D eigenvalue weighted by Crippen LogP contribution is 2.27. The second-order valence-electron chi connectivity index (χ2n) is 3.15. The van der Waals surface area contributed by atoms with Crippen LogP contribution in [0.2, 0.25) is 0 Å². The van der Waals surface area contributed by atoms with Crippen LogP contribution in [0, 0.1) is 18.6 Å². The monoisotopic (exact) mass is 212 g/mol. The Kier molecular flexibility index (Phi) is 1.96. The van der Waals surface area contributed by atoms with E-state index in [0.29, 0.717) is 5.56 Å². The Morgan fingerprint density at radius 1 is 1.40 bits per heavy atom. The van der Waals surface area contributed by atoms with Gasteiger partial charge in [0.1, 0.15) is 5.58 Å². The molecule has 0 fully saturated rings. The molecule has 1 N–H and O–H groups in total. The number of rotatable bonds is 1. The molecule has 0 aliphatic carbocycles. The van der Waals surface area contributed by atoms with Crippen LogP contribution in [0.5, 0.6) is 0 Å². The van der Waals surface area contributed by atoms with Crippen LogP contribution in [0.15, 0.2) is 16.5 Å². The minimum atomic E-state index is -1.31. The molecule has 1 heterocycles. The Bertz CT molecular complexity index is 557. The van der Waals surface area contributed by atoms with Gasteiger partial charge in [0.05, 0.1) is 5.39 Å². The van der Waals surface area contributed by atoms with Gasteiger partial charge in [-0.3, -0.25) is 0 Å². The molecule has 0 unspecified atom stereocenters. The highest BCUT2D eigenvalue weighted by Gasteiger charge is 2.17. The van der Waals surface area contributed by atoms with Crippen LogP contribution >= 0.6 is 0 Å². The zero-order chi connectivity index (χ0) is 11.2. The summed E-state index contributed by atoms with van der Waals surface area (Å²) in [7, 11) is 0. The van der Waals surface area contributed by atoms with Crippen LogP contribution in [0.25, 0.3) is 11.0 Å². The predicted molar refractivity (Wildman–Crippen MR) is 47.8 cm³/mol. The first kappa shape index (κ1) is 9.64. The molecule has 0 bridgehead atoms. The van der Waals surface area contributed by atoms with Gasteiger partial charge in [-0.05, 0) is 18.6 Å². The van der Waals surface area contributed by atoms with Gasteiger partial charge in [0, 0.05) is 6.07 Å². The lowest BCUT2D eigenvalue weighted by atomic mass is 10.1. The average molecular weight is 212 g/mol. The van der Waals surface area contributed by atoms with E-state index in [-0.39, 0.29) is 11.0 Å². The summed E-state index contributed by atoms with van der Waals surface area (Å²) < 4.78 is 31.1. The minimum Gasteiger partial charge on any atom is -0.475 e. The molecule has 0 aliphatic rings. The summed E-state index contributed by atoms with van der Waals surface area (Å²) in [5.41, 5.74) is 0.419. The number of furan rings is 1. The number of halogens is 2. The maximum atomic E-state index is 13.2. The van der Waals surface area contributed by atoms with Crippen LogP contribution in [0.4, 0.5) is 8.78 Å². The Morgan fingerprint density at radius 2 is 2.07 bits per heavy atom. The number of carboxylic acids is 1. The van der Waals surface area contributed by atoms with Crippen molar-refractivity contribution in [1.82, 2.24) is 0 Å². The molecule has 0 atom stereocenters. The van der Waals surface area contributed by atoms with Gasteiger partial charge in [-0.2, -0.15) is 0 Å². The third-order valence-corrected chi connectivity index (χ3v) is 2.09. The molecule has 0 radical (unpaired) electrons. The lowest BCUT2D eigenvalue weighted by Gasteiger charge is -1.97. The standard InChI is InChI=1S/C10H6F2O3/c1-4-2-6(11)8(12)5-3-7(10(13)14)15-9(4)5/h2-3H,1H3,(H,13,14). The van der Waals surface area contributed by atoms with Gasteiger partial charge in [0.15, 0.2) is 11.6 Å². The van der Waals surface area contributed by atoms with Crippen molar-refractivity contribution < 1.29 is 23.1 Å². The van der Waals surface area contributed by atoms with Crippen molar-refractivity contribution in [1.29, 1.82) is 0 Å². The Hall–Kier alpha value is -1.91. The number of carbonyl (C=O) groups is 1. The molecular weight excluding hydrogens is 206 g/mol. The van der Waals surface area contributed by atoms with E-state index >= 15 is 0 Å². The van der Waals surface area contributed by atoms with E-state index in [0.717, 1.165) is 12.1 Å². The zero-order valence-electron chi connectivity index (χ0n) is 7.67. The quantitative estimate of drug-likeness (QED) is 0.790. The van der Waals surface area contributed by atoms with Crippen molar-refractivity contribution in [2.45, 2.75) is 6.92 Å². The number of hydrogen-bond acceptors (Lipinski definition) is 2. The van der Waals surface area contributed by atoms with E-state index in [4.69, 9.17) is 9.52 Å². The maximum Gasteiger partial charge on any atom is 0.371 e. The molecule has 1 aromatic carbocycles. The first-order valence-corrected chi connectivity index (χ1v) is 4.12. The number of aromatic carboxylic acids is 1. The minimum absolute atomic E-state index is 0.0614. The fraction of sp³-hybridized carbons (Fsp3) is 0.100. The molecule has 78 valence electrons. The lowest BCUT2D eigenvalue weighted by molar-refractivity contribution is 0.0665. The van der Waals surface area contributed by atoms with E-state index in [9.17, 15) is 13.6 Å². The first-order valence-electron chi connectivity index (χ1n) is 4.12. The van der Waals surface area contributed by atoms with Gasteiger partial charge in [0.2, 0.25) is 5.76 Å². The van der Waals surface area contributed by atoms with Crippen molar-refractivity contribution in [2.24, 2.45) is 0 Å². The number of aryl methyl sites for hydroxylation is 1. The Morgan fingerprint density at radius 3 is 2.67 bits per heavy atom. The summed E-state index contributed by atoms with van der Waals surface area (Å²) in [5.74, 6) is -3.83. The molecule has 0 aliphatic heterocycles. The summed E-state index contributed by atoms with van der Waals surface area (Å²) in [5, 5.41) is 8.48. The molecular formula is C10H6F2O3. The third kappa shape index (κ3) is 1.36. The summed E-state index contributed by atoms with van der Waals surface area (Å²) in [6.07, 6.45) is 0. The van der Waals surface area contributed by atoms with Crippen molar-refractivity contribution in [3.05, 3.63) is 35.1 Å². The fourth-order valence-electron chi connectivity index (χ4n) is 1.40. The molecule has 3 nitrogen and oxygen atoms in total. The second kappa shape index (κ2) is 3.05. The topological polar surface area (TPSA) is 50.4 Å². The summed E-state index contributed by atoms with van der Waals surface area (Å²) >= 11 is 0. The highest BCUT2D eigenvalue weighted by molar-refractivity contribution is 5.92. The van der Waals surface area contributed by atoms with Crippen LogP contribution in [0.1, 0.15) is 16.1 Å². The van der Waals surface area contributed by atoms with E-state index < -0.39 is 23.4 Å². The fourth-order valence-corrected chi connectivity index (χ4v) is 1.40. The highest BCUT2D eigenvalue weighted by atomic mass is 19.2. The van der Waals surface area contributed by atoms with Crippen molar-refractivity contribution in [3.63, 3.8) is 0 Å². The van der Waals surface area contributed by atoms with Gasteiger partial charge in [-0.1, -0.05) is 0 Å². The van der Waals surface area contributed by atoms with Crippen molar-refractivity contribution >= 4 is 16.9 Å². The predicted octanol–water partition coefficient (Wildman–Crippen LogP) is 2.72. The second-order valence-corrected chi connectivity index (χ2v) is 3.15. The largest absolute Gasteiger partial charge is 0.475 e. The maximum absolute atomic E-state index is 13.2. The number of hydrogen-bond donors (Lipinski definition) is 1. The van der Waals surface area contributed by atoms with Crippen LogP contribution < -0.4 is 0 Å². The lowest BCUT2D eigenvalue weighted by Crippen LogP contribution is -1.91. The average Bonchev–Trinajstić information content (AvgIpc) is 2.59. The van der Waals surface area contributed by atoms with E-state index in [2.05, 4.69) is 0 Å². The van der Waals surface area contributed by atoms with Gasteiger partial charge in [-0.25, -0.2) is 13.6 Å². The number of fused-ring (bicyclic) bond motifs is 1. The molecule has 2 rings (SSSR count). The molecule has 0 amide bonds. The van der Waals surface area contributed by atoms with Crippen molar-refractivity contribution in [3.8, 4) is 0 Å². The van der Waals surface area contributed by atoms with E-state index in [1.807, 2.05) is 0 Å². The molecule has 2 aromatic rings. The molecule has 15 heavy (non-hydrogen) atoms. The van der Waals surface area contributed by atoms with E-state index in [1.54, 1.807) is 0 Å². The van der Waals surface area contributed by atoms with Gasteiger partial charge in [0.25, 0.3) is 0 Å². The molecule has 1 aromatic heterocycles. The smallest absolute Gasteiger partial charge is 0.371 e. The normalized spacial score (nSPS) is 10.9. The summed E-state index contributed by atoms with van der Waals surface area (Å²) in [6.45, 7) is 1.51. The van der Waals surface area contributed by atoms with Crippen LogP contribution in [0.3, 0.4) is 0 Å². The number of benzene rings is 1. The van der Waals surface area contributed by atoms with Crippen LogP contribution in [-0.4, -0.2) is 11.1 Å². The summed E-state index contributed by atoms with van der Waals surface area (Å²) in [6, 6.07) is 1.94. The van der Waals surface area contributed by atoms with Gasteiger partial charge < -0.3 is 9.52 Å². The molecule has 0 saturated carbocycles. The SMILES string of the molecule is Cc1cc(F)c(F)c2cc(C(=O)O)oc12. The van der Waals surface area contributed by atoms with Crippen LogP contribution in [-0.2, 0) is 0 Å². The first-order chi connectivity index (χ1) is 7.00. The zero-order valence-corrected chi connectivity index (χ0v) is 7.67. The number of carboxylic acid groups (broad SMARTS) is 1. The molecule has 0 saturated heterocycles. The third-order valence-electron chi connectivity index (χ3n) is 2.09. The van der Waals surface area contributed by atoms with Crippen molar-refractivity contribution in [2.75, 3.05) is 0 Å². The summed E-state index contributed by atoms with van der Waals surface area (Å²) in [4.78, 5) is 10.6. The van der Waals surface area contributed by atoms with Gasteiger partial charge in [-0.15, -0.1) is 0 Å². The molecule has 5 heteroatoms.